The van der Waals surface area contributed by atoms with Gasteiger partial charge in [0.1, 0.15) is 0 Å². The van der Waals surface area contributed by atoms with Crippen LogP contribution in [0.2, 0.25) is 0 Å². The lowest BCUT2D eigenvalue weighted by Crippen LogP contribution is -2.32. The fourth-order valence-electron chi connectivity index (χ4n) is 2.51. The molecule has 106 valence electrons. The first-order valence-corrected chi connectivity index (χ1v) is 7.05. The first-order valence-electron chi connectivity index (χ1n) is 7.05. The van der Waals surface area contributed by atoms with E-state index in [0.29, 0.717) is 11.1 Å². The molecule has 1 aromatic carbocycles. The molecule has 0 saturated carbocycles. The Bertz CT molecular complexity index is 672. The Morgan fingerprint density at radius 1 is 1.35 bits per heavy atom. The number of aromatic nitrogens is 1. The zero-order chi connectivity index (χ0) is 14.5. The van der Waals surface area contributed by atoms with Crippen molar-refractivity contribution >= 4 is 11.1 Å². The van der Waals surface area contributed by atoms with E-state index in [0.717, 1.165) is 31.4 Å². The summed E-state index contributed by atoms with van der Waals surface area (Å²) < 4.78 is 6.92. The van der Waals surface area contributed by atoms with E-state index in [2.05, 4.69) is 11.4 Å². The van der Waals surface area contributed by atoms with Crippen LogP contribution in [0.5, 0.6) is 0 Å². The van der Waals surface area contributed by atoms with Crippen molar-refractivity contribution in [1.29, 1.82) is 5.26 Å². The third kappa shape index (κ3) is 2.61. The normalized spacial score (nSPS) is 15.4. The van der Waals surface area contributed by atoms with Crippen LogP contribution >= 0.6 is 0 Å². The Labute approximate surface area is 117 Å². The molecule has 1 fully saturated rings. The highest BCUT2D eigenvalue weighted by atomic mass is 16.4. The van der Waals surface area contributed by atoms with E-state index >= 15 is 0 Å². The quantitative estimate of drug-likeness (QED) is 0.866. The van der Waals surface area contributed by atoms with Crippen molar-refractivity contribution in [3.63, 3.8) is 0 Å². The summed E-state index contributed by atoms with van der Waals surface area (Å²) in [5, 5.41) is 12.2. The van der Waals surface area contributed by atoms with E-state index in [1.807, 2.05) is 13.8 Å². The van der Waals surface area contributed by atoms with Gasteiger partial charge in [-0.3, -0.25) is 4.57 Å². The van der Waals surface area contributed by atoms with Crippen molar-refractivity contribution in [3.05, 3.63) is 34.3 Å². The fraction of sp³-hybridized carbons (Fsp3) is 0.467. The SMILES string of the molecule is CC.N#Cc1ccc2oc(=O)n(C3CCNCC3)c2c1. The van der Waals surface area contributed by atoms with Gasteiger partial charge in [0.2, 0.25) is 0 Å². The Balaban J connectivity index is 0.000000704. The molecule has 0 spiro atoms. The van der Waals surface area contributed by atoms with Gasteiger partial charge in [-0.1, -0.05) is 13.8 Å². The van der Waals surface area contributed by atoms with Crippen LogP contribution in [-0.4, -0.2) is 17.7 Å². The van der Waals surface area contributed by atoms with Gasteiger partial charge >= 0.3 is 5.76 Å². The number of oxazole rings is 1. The average Bonchev–Trinajstić information content (AvgIpc) is 2.85. The van der Waals surface area contributed by atoms with E-state index in [1.165, 1.54) is 0 Å². The molecular weight excluding hydrogens is 254 g/mol. The number of rotatable bonds is 1. The standard InChI is InChI=1S/C13H13N3O2.C2H6/c14-8-9-1-2-12-11(7-9)16(13(17)18-12)10-3-5-15-6-4-10;1-2/h1-2,7,10,15H,3-6H2;1-2H3. The first-order chi connectivity index (χ1) is 9.79. The zero-order valence-electron chi connectivity index (χ0n) is 11.8. The molecule has 20 heavy (non-hydrogen) atoms. The second-order valence-electron chi connectivity index (χ2n) is 4.51. The number of nitriles is 1. The maximum absolute atomic E-state index is 11.9. The molecule has 0 radical (unpaired) electrons. The van der Waals surface area contributed by atoms with Crippen LogP contribution in [0.3, 0.4) is 0 Å². The summed E-state index contributed by atoms with van der Waals surface area (Å²) in [4.78, 5) is 11.9. The summed E-state index contributed by atoms with van der Waals surface area (Å²) in [6.45, 7) is 5.81. The van der Waals surface area contributed by atoms with Crippen molar-refractivity contribution in [2.24, 2.45) is 0 Å². The molecule has 5 heteroatoms. The van der Waals surface area contributed by atoms with Crippen LogP contribution in [0.4, 0.5) is 0 Å². The molecule has 1 saturated heterocycles. The molecule has 1 N–H and O–H groups in total. The van der Waals surface area contributed by atoms with Gasteiger partial charge in [-0.25, -0.2) is 4.79 Å². The monoisotopic (exact) mass is 273 g/mol. The Morgan fingerprint density at radius 2 is 2.05 bits per heavy atom. The third-order valence-electron chi connectivity index (χ3n) is 3.42. The summed E-state index contributed by atoms with van der Waals surface area (Å²) in [5.41, 5.74) is 1.83. The lowest BCUT2D eigenvalue weighted by Gasteiger charge is -2.23. The lowest BCUT2D eigenvalue weighted by atomic mass is 10.1. The van der Waals surface area contributed by atoms with E-state index < -0.39 is 0 Å². The Morgan fingerprint density at radius 3 is 2.70 bits per heavy atom. The van der Waals surface area contributed by atoms with Crippen LogP contribution in [0.15, 0.2) is 27.4 Å². The third-order valence-corrected chi connectivity index (χ3v) is 3.42. The summed E-state index contributed by atoms with van der Waals surface area (Å²) >= 11 is 0. The maximum Gasteiger partial charge on any atom is 0.420 e. The van der Waals surface area contributed by atoms with Gasteiger partial charge in [0.05, 0.1) is 17.1 Å². The molecular formula is C15H19N3O2. The number of benzene rings is 1. The highest BCUT2D eigenvalue weighted by Crippen LogP contribution is 2.23. The fourth-order valence-corrected chi connectivity index (χ4v) is 2.51. The van der Waals surface area contributed by atoms with Crippen LogP contribution in [0, 0.1) is 11.3 Å². The molecule has 0 aliphatic carbocycles. The molecule has 2 aromatic rings. The largest absolute Gasteiger partial charge is 0.420 e. The maximum atomic E-state index is 11.9. The minimum absolute atomic E-state index is 0.161. The van der Waals surface area contributed by atoms with Gasteiger partial charge in [-0.15, -0.1) is 0 Å². The van der Waals surface area contributed by atoms with E-state index in [-0.39, 0.29) is 11.8 Å². The summed E-state index contributed by atoms with van der Waals surface area (Å²) in [6, 6.07) is 7.33. The number of hydrogen-bond acceptors (Lipinski definition) is 4. The van der Waals surface area contributed by atoms with E-state index in [4.69, 9.17) is 9.68 Å². The van der Waals surface area contributed by atoms with E-state index in [9.17, 15) is 4.79 Å². The van der Waals surface area contributed by atoms with Gasteiger partial charge in [0.15, 0.2) is 5.58 Å². The van der Waals surface area contributed by atoms with Crippen LogP contribution in [0.25, 0.3) is 11.1 Å². The van der Waals surface area contributed by atoms with Crippen LogP contribution in [-0.2, 0) is 0 Å². The van der Waals surface area contributed by atoms with Crippen molar-refractivity contribution in [2.45, 2.75) is 32.7 Å². The lowest BCUT2D eigenvalue weighted by molar-refractivity contribution is 0.349. The molecule has 0 amide bonds. The van der Waals surface area contributed by atoms with Gasteiger partial charge < -0.3 is 9.73 Å². The smallest absolute Gasteiger partial charge is 0.408 e. The van der Waals surface area contributed by atoms with Gasteiger partial charge in [-0.05, 0) is 44.1 Å². The first kappa shape index (κ1) is 14.4. The molecule has 0 unspecified atom stereocenters. The molecule has 5 nitrogen and oxygen atoms in total. The number of nitrogens with zero attached hydrogens (tertiary/aromatic N) is 2. The molecule has 1 aliphatic rings. The number of piperidine rings is 1. The van der Waals surface area contributed by atoms with Gasteiger partial charge in [0.25, 0.3) is 0 Å². The Hall–Kier alpha value is -2.06. The molecule has 0 atom stereocenters. The van der Waals surface area contributed by atoms with Crippen molar-refractivity contribution in [2.75, 3.05) is 13.1 Å². The molecule has 1 aliphatic heterocycles. The van der Waals surface area contributed by atoms with Crippen LogP contribution < -0.4 is 11.1 Å². The molecule has 0 bridgehead atoms. The van der Waals surface area contributed by atoms with E-state index in [1.54, 1.807) is 22.8 Å². The number of nitrogens with one attached hydrogen (secondary N) is 1. The van der Waals surface area contributed by atoms with Crippen molar-refractivity contribution in [3.8, 4) is 6.07 Å². The average molecular weight is 273 g/mol. The predicted molar refractivity (Wildman–Crippen MR) is 77.7 cm³/mol. The molecule has 1 aromatic heterocycles. The second kappa shape index (κ2) is 6.40. The van der Waals surface area contributed by atoms with Crippen molar-refractivity contribution < 1.29 is 4.42 Å². The number of hydrogen-bond donors (Lipinski definition) is 1. The van der Waals surface area contributed by atoms with Gasteiger partial charge in [0, 0.05) is 6.04 Å². The molecule has 2 heterocycles. The summed E-state index contributed by atoms with van der Waals surface area (Å²) in [7, 11) is 0. The summed E-state index contributed by atoms with van der Waals surface area (Å²) in [6.07, 6.45) is 1.82. The highest BCUT2D eigenvalue weighted by Gasteiger charge is 2.20. The highest BCUT2D eigenvalue weighted by molar-refractivity contribution is 5.75. The minimum Gasteiger partial charge on any atom is -0.408 e. The summed E-state index contributed by atoms with van der Waals surface area (Å²) in [5.74, 6) is -0.327. The predicted octanol–water partition coefficient (Wildman–Crippen LogP) is 2.42. The topological polar surface area (TPSA) is 71.0 Å². The molecule has 3 rings (SSSR count). The number of fused-ring (bicyclic) bond motifs is 1. The minimum atomic E-state index is -0.327. The second-order valence-corrected chi connectivity index (χ2v) is 4.51. The van der Waals surface area contributed by atoms with Crippen molar-refractivity contribution in [1.82, 2.24) is 9.88 Å². The Kier molecular flexibility index (Phi) is 4.59. The van der Waals surface area contributed by atoms with Gasteiger partial charge in [-0.2, -0.15) is 5.26 Å². The van der Waals surface area contributed by atoms with Crippen LogP contribution in [0.1, 0.15) is 38.3 Å². The zero-order valence-corrected chi connectivity index (χ0v) is 11.8.